The molecule has 27 heavy (non-hydrogen) atoms. The van der Waals surface area contributed by atoms with Gasteiger partial charge in [-0.3, -0.25) is 4.99 Å². The maximum absolute atomic E-state index is 13.6. The van der Waals surface area contributed by atoms with Crippen LogP contribution >= 0.6 is 24.0 Å². The summed E-state index contributed by atoms with van der Waals surface area (Å²) in [5.74, 6) is -0.337. The lowest BCUT2D eigenvalue weighted by Gasteiger charge is -2.13. The summed E-state index contributed by atoms with van der Waals surface area (Å²) in [6, 6.07) is 13.2. The van der Waals surface area contributed by atoms with Gasteiger partial charge in [0.15, 0.2) is 5.96 Å². The van der Waals surface area contributed by atoms with E-state index in [4.69, 9.17) is 0 Å². The zero-order chi connectivity index (χ0) is 18.8. The van der Waals surface area contributed by atoms with Crippen molar-refractivity contribution in [3.8, 4) is 0 Å². The van der Waals surface area contributed by atoms with E-state index in [1.807, 2.05) is 37.3 Å². The fourth-order valence-corrected chi connectivity index (χ4v) is 2.54. The Hall–Kier alpha value is -1.74. The van der Waals surface area contributed by atoms with Gasteiger partial charge in [0.25, 0.3) is 0 Å². The standard InChI is InChI=1S/C20H25F2N3O.HI/c1-2-23-20(24-11-10-16-13-17(21)8-9-19(16)22)25-14-18(26)12-15-6-4-3-5-7-15;/h3-9,13,18,26H,2,10-12,14H2,1H3,(H2,23,24,25);1H. The summed E-state index contributed by atoms with van der Waals surface area (Å²) in [5.41, 5.74) is 1.37. The largest absolute Gasteiger partial charge is 0.391 e. The number of aliphatic hydroxyl groups is 1. The molecule has 2 aromatic rings. The fourth-order valence-electron chi connectivity index (χ4n) is 2.54. The Bertz CT molecular complexity index is 714. The molecule has 0 saturated heterocycles. The molecule has 0 aliphatic carbocycles. The number of nitrogens with zero attached hydrogens (tertiary/aromatic N) is 1. The number of hydrogen-bond donors (Lipinski definition) is 3. The number of aliphatic imine (C=N–C) groups is 1. The number of hydrogen-bond acceptors (Lipinski definition) is 2. The summed E-state index contributed by atoms with van der Waals surface area (Å²) in [6.07, 6.45) is 0.271. The van der Waals surface area contributed by atoms with Gasteiger partial charge < -0.3 is 15.7 Å². The Morgan fingerprint density at radius 2 is 1.85 bits per heavy atom. The minimum atomic E-state index is -0.589. The van der Waals surface area contributed by atoms with Crippen LogP contribution in [0.4, 0.5) is 8.78 Å². The van der Waals surface area contributed by atoms with Gasteiger partial charge in [-0.25, -0.2) is 8.78 Å². The van der Waals surface area contributed by atoms with E-state index >= 15 is 0 Å². The molecule has 0 radical (unpaired) electrons. The minimum Gasteiger partial charge on any atom is -0.391 e. The summed E-state index contributed by atoms with van der Waals surface area (Å²) in [5, 5.41) is 16.3. The second-order valence-electron chi connectivity index (χ2n) is 5.98. The van der Waals surface area contributed by atoms with Crippen molar-refractivity contribution in [2.45, 2.75) is 25.9 Å². The van der Waals surface area contributed by atoms with Gasteiger partial charge in [-0.05, 0) is 42.7 Å². The highest BCUT2D eigenvalue weighted by molar-refractivity contribution is 14.0. The first kappa shape index (κ1) is 23.3. The zero-order valence-corrected chi connectivity index (χ0v) is 17.6. The lowest BCUT2D eigenvalue weighted by molar-refractivity contribution is 0.183. The van der Waals surface area contributed by atoms with E-state index in [0.717, 1.165) is 17.7 Å². The van der Waals surface area contributed by atoms with Crippen molar-refractivity contribution in [2.24, 2.45) is 4.99 Å². The number of aliphatic hydroxyl groups excluding tert-OH is 1. The monoisotopic (exact) mass is 489 g/mol. The number of benzene rings is 2. The molecule has 3 N–H and O–H groups in total. The highest BCUT2D eigenvalue weighted by Gasteiger charge is 2.07. The molecule has 0 aromatic heterocycles. The lowest BCUT2D eigenvalue weighted by atomic mass is 10.1. The van der Waals surface area contributed by atoms with Crippen LogP contribution in [0.3, 0.4) is 0 Å². The molecule has 4 nitrogen and oxygen atoms in total. The molecule has 7 heteroatoms. The smallest absolute Gasteiger partial charge is 0.191 e. The van der Waals surface area contributed by atoms with Crippen LogP contribution in [-0.2, 0) is 12.8 Å². The predicted molar refractivity (Wildman–Crippen MR) is 116 cm³/mol. The molecule has 0 heterocycles. The average Bonchev–Trinajstić information content (AvgIpc) is 2.63. The van der Waals surface area contributed by atoms with Gasteiger partial charge in [-0.15, -0.1) is 24.0 Å². The van der Waals surface area contributed by atoms with Gasteiger partial charge in [0.2, 0.25) is 0 Å². The van der Waals surface area contributed by atoms with Crippen LogP contribution in [0.5, 0.6) is 0 Å². The molecule has 2 rings (SSSR count). The summed E-state index contributed by atoms with van der Waals surface area (Å²) in [6.45, 7) is 3.25. The first-order chi connectivity index (χ1) is 12.6. The Balaban J connectivity index is 0.00000364. The molecule has 0 amide bonds. The summed E-state index contributed by atoms with van der Waals surface area (Å²) in [4.78, 5) is 4.36. The summed E-state index contributed by atoms with van der Waals surface area (Å²) < 4.78 is 26.8. The lowest BCUT2D eigenvalue weighted by Crippen LogP contribution is -2.39. The number of guanidine groups is 1. The minimum absolute atomic E-state index is 0. The van der Waals surface area contributed by atoms with Gasteiger partial charge in [0.05, 0.1) is 12.6 Å². The Kier molecular flexibility index (Phi) is 10.9. The topological polar surface area (TPSA) is 56.7 Å². The third kappa shape index (κ3) is 8.66. The van der Waals surface area contributed by atoms with Crippen molar-refractivity contribution in [1.29, 1.82) is 0 Å². The molecule has 0 aliphatic rings. The third-order valence-electron chi connectivity index (χ3n) is 3.81. The third-order valence-corrected chi connectivity index (χ3v) is 3.81. The second kappa shape index (κ2) is 12.6. The van der Waals surface area contributed by atoms with Crippen molar-refractivity contribution < 1.29 is 13.9 Å². The van der Waals surface area contributed by atoms with E-state index in [-0.39, 0.29) is 30.5 Å². The van der Waals surface area contributed by atoms with Crippen molar-refractivity contribution in [3.05, 3.63) is 71.3 Å². The van der Waals surface area contributed by atoms with Gasteiger partial charge in [0, 0.05) is 19.5 Å². The fraction of sp³-hybridized carbons (Fsp3) is 0.350. The maximum Gasteiger partial charge on any atom is 0.191 e. The molecule has 2 aromatic carbocycles. The van der Waals surface area contributed by atoms with Gasteiger partial charge in [0.1, 0.15) is 11.6 Å². The molecule has 148 valence electrons. The van der Waals surface area contributed by atoms with Crippen LogP contribution in [0, 0.1) is 11.6 Å². The number of rotatable bonds is 8. The van der Waals surface area contributed by atoms with E-state index in [9.17, 15) is 13.9 Å². The van der Waals surface area contributed by atoms with Crippen LogP contribution < -0.4 is 10.6 Å². The molecule has 0 aliphatic heterocycles. The number of halogens is 3. The molecular formula is C20H26F2IN3O. The SMILES string of the molecule is CCNC(=NCC(O)Cc1ccccc1)NCCc1cc(F)ccc1F.I. The molecule has 0 fully saturated rings. The van der Waals surface area contributed by atoms with Gasteiger partial charge in [-0.2, -0.15) is 0 Å². The summed E-state index contributed by atoms with van der Waals surface area (Å²) >= 11 is 0. The number of nitrogens with one attached hydrogen (secondary N) is 2. The van der Waals surface area contributed by atoms with Crippen LogP contribution in [0.2, 0.25) is 0 Å². The maximum atomic E-state index is 13.6. The Morgan fingerprint density at radius 3 is 2.56 bits per heavy atom. The molecule has 1 unspecified atom stereocenters. The average molecular weight is 489 g/mol. The first-order valence-electron chi connectivity index (χ1n) is 8.76. The van der Waals surface area contributed by atoms with E-state index in [1.165, 1.54) is 6.07 Å². The van der Waals surface area contributed by atoms with E-state index < -0.39 is 17.7 Å². The van der Waals surface area contributed by atoms with Gasteiger partial charge >= 0.3 is 0 Å². The molecular weight excluding hydrogens is 463 g/mol. The second-order valence-corrected chi connectivity index (χ2v) is 5.98. The van der Waals surface area contributed by atoms with Crippen molar-refractivity contribution in [1.82, 2.24) is 10.6 Å². The van der Waals surface area contributed by atoms with E-state index in [1.54, 1.807) is 0 Å². The summed E-state index contributed by atoms with van der Waals surface area (Å²) in [7, 11) is 0. The van der Waals surface area contributed by atoms with Crippen molar-refractivity contribution in [3.63, 3.8) is 0 Å². The highest BCUT2D eigenvalue weighted by Crippen LogP contribution is 2.09. The predicted octanol–water partition coefficient (Wildman–Crippen LogP) is 3.28. The van der Waals surface area contributed by atoms with Crippen LogP contribution in [0.1, 0.15) is 18.1 Å². The quantitative estimate of drug-likeness (QED) is 0.303. The Morgan fingerprint density at radius 1 is 1.11 bits per heavy atom. The van der Waals surface area contributed by atoms with Crippen molar-refractivity contribution in [2.75, 3.05) is 19.6 Å². The van der Waals surface area contributed by atoms with E-state index in [2.05, 4.69) is 15.6 Å². The van der Waals surface area contributed by atoms with Gasteiger partial charge in [-0.1, -0.05) is 30.3 Å². The molecule has 0 saturated carbocycles. The molecule has 0 spiro atoms. The zero-order valence-electron chi connectivity index (χ0n) is 15.3. The Labute approximate surface area is 176 Å². The highest BCUT2D eigenvalue weighted by atomic mass is 127. The molecule has 1 atom stereocenters. The molecule has 0 bridgehead atoms. The first-order valence-corrected chi connectivity index (χ1v) is 8.76. The van der Waals surface area contributed by atoms with Crippen LogP contribution in [0.15, 0.2) is 53.5 Å². The van der Waals surface area contributed by atoms with E-state index in [0.29, 0.717) is 37.5 Å². The van der Waals surface area contributed by atoms with Crippen molar-refractivity contribution >= 4 is 29.9 Å². The van der Waals surface area contributed by atoms with Crippen LogP contribution in [-0.4, -0.2) is 36.8 Å². The normalized spacial score (nSPS) is 12.2. The van der Waals surface area contributed by atoms with Crippen LogP contribution in [0.25, 0.3) is 0 Å².